The fourth-order valence-corrected chi connectivity index (χ4v) is 3.49. The smallest absolute Gasteiger partial charge is 0.312 e. The summed E-state index contributed by atoms with van der Waals surface area (Å²) in [5, 5.41) is 11.9. The van der Waals surface area contributed by atoms with Gasteiger partial charge in [0.05, 0.1) is 9.82 Å². The van der Waals surface area contributed by atoms with Crippen LogP contribution < -0.4 is 9.46 Å². The van der Waals surface area contributed by atoms with E-state index < -0.39 is 20.6 Å². The summed E-state index contributed by atoms with van der Waals surface area (Å²) in [6.45, 7) is 2.43. The van der Waals surface area contributed by atoms with E-state index in [9.17, 15) is 18.5 Å². The zero-order valence-corrected chi connectivity index (χ0v) is 16.7. The van der Waals surface area contributed by atoms with Gasteiger partial charge < -0.3 is 9.64 Å². The number of likely N-dealkylation sites (N-methyl/N-ethyl adjacent to an activating group) is 1. The summed E-state index contributed by atoms with van der Waals surface area (Å²) in [4.78, 5) is 12.3. The molecule has 0 bridgehead atoms. The third-order valence-corrected chi connectivity index (χ3v) is 5.34. The molecule has 146 valence electrons. The zero-order chi connectivity index (χ0) is 20.2. The topological polar surface area (TPSA) is 102 Å². The van der Waals surface area contributed by atoms with Crippen molar-refractivity contribution in [3.8, 4) is 11.5 Å². The molecule has 0 unspecified atom stereocenters. The number of ether oxygens (including phenoxy) is 1. The molecule has 0 saturated heterocycles. The van der Waals surface area contributed by atoms with E-state index in [0.29, 0.717) is 22.9 Å². The molecular weight excluding hydrogens is 394 g/mol. The van der Waals surface area contributed by atoms with E-state index in [4.69, 9.17) is 16.3 Å². The van der Waals surface area contributed by atoms with Gasteiger partial charge in [0, 0.05) is 24.2 Å². The SMILES string of the molecule is Cc1cc(Cl)ccc1Oc1ccc(S(=O)(=O)NCCN(C)C)cc1[N+](=O)[O-]. The molecule has 0 aliphatic rings. The lowest BCUT2D eigenvalue weighted by Gasteiger charge is -2.12. The predicted molar refractivity (Wildman–Crippen MR) is 103 cm³/mol. The van der Waals surface area contributed by atoms with Crippen LogP contribution in [0.4, 0.5) is 5.69 Å². The van der Waals surface area contributed by atoms with Crippen molar-refractivity contribution in [2.75, 3.05) is 27.2 Å². The molecule has 0 heterocycles. The second kappa shape index (κ2) is 8.66. The molecule has 0 saturated carbocycles. The first kappa shape index (κ1) is 21.1. The summed E-state index contributed by atoms with van der Waals surface area (Å²) in [5.41, 5.74) is 0.249. The minimum absolute atomic E-state index is 0.0577. The Bertz CT molecular complexity index is 948. The number of nitrogens with zero attached hydrogens (tertiary/aromatic N) is 2. The van der Waals surface area contributed by atoms with Crippen LogP contribution in [0.1, 0.15) is 5.56 Å². The summed E-state index contributed by atoms with van der Waals surface area (Å²) in [5.74, 6) is 0.333. The standard InChI is InChI=1S/C17H20ClN3O5S/c1-12-10-13(18)4-6-16(12)26-17-7-5-14(11-15(17)21(22)23)27(24,25)19-8-9-20(2)3/h4-7,10-11,19H,8-9H2,1-3H3. The first-order chi connectivity index (χ1) is 12.6. The molecule has 0 radical (unpaired) electrons. The van der Waals surface area contributed by atoms with E-state index in [1.807, 2.05) is 19.0 Å². The maximum atomic E-state index is 12.3. The van der Waals surface area contributed by atoms with Crippen molar-refractivity contribution >= 4 is 27.3 Å². The first-order valence-electron chi connectivity index (χ1n) is 7.97. The highest BCUT2D eigenvalue weighted by Crippen LogP contribution is 2.35. The van der Waals surface area contributed by atoms with Gasteiger partial charge in [0.25, 0.3) is 0 Å². The van der Waals surface area contributed by atoms with Crippen molar-refractivity contribution < 1.29 is 18.1 Å². The lowest BCUT2D eigenvalue weighted by atomic mass is 10.2. The lowest BCUT2D eigenvalue weighted by Crippen LogP contribution is -2.31. The number of hydrogen-bond donors (Lipinski definition) is 1. The van der Waals surface area contributed by atoms with Crippen LogP contribution in [-0.4, -0.2) is 45.4 Å². The van der Waals surface area contributed by atoms with Crippen LogP contribution in [0.25, 0.3) is 0 Å². The average molecular weight is 414 g/mol. The van der Waals surface area contributed by atoms with Gasteiger partial charge in [-0.05, 0) is 56.9 Å². The van der Waals surface area contributed by atoms with Gasteiger partial charge in [-0.25, -0.2) is 13.1 Å². The van der Waals surface area contributed by atoms with Gasteiger partial charge in [-0.3, -0.25) is 10.1 Å². The van der Waals surface area contributed by atoms with Gasteiger partial charge in [-0.1, -0.05) is 11.6 Å². The minimum Gasteiger partial charge on any atom is -0.450 e. The van der Waals surface area contributed by atoms with Crippen LogP contribution in [0.15, 0.2) is 41.3 Å². The Balaban J connectivity index is 2.32. The van der Waals surface area contributed by atoms with Crippen LogP contribution in [0.3, 0.4) is 0 Å². The molecule has 0 aromatic heterocycles. The maximum Gasteiger partial charge on any atom is 0.312 e. The molecule has 0 atom stereocenters. The molecule has 2 aromatic carbocycles. The van der Waals surface area contributed by atoms with Crippen LogP contribution in [0, 0.1) is 17.0 Å². The molecule has 0 fully saturated rings. The lowest BCUT2D eigenvalue weighted by molar-refractivity contribution is -0.385. The summed E-state index contributed by atoms with van der Waals surface area (Å²) in [6.07, 6.45) is 0. The van der Waals surface area contributed by atoms with Gasteiger partial charge in [-0.15, -0.1) is 0 Å². The first-order valence-corrected chi connectivity index (χ1v) is 9.83. The highest BCUT2D eigenvalue weighted by molar-refractivity contribution is 7.89. The van der Waals surface area contributed by atoms with Crippen LogP contribution in [0.2, 0.25) is 5.02 Å². The fraction of sp³-hybridized carbons (Fsp3) is 0.294. The molecule has 10 heteroatoms. The quantitative estimate of drug-likeness (QED) is 0.526. The van der Waals surface area contributed by atoms with E-state index in [2.05, 4.69) is 4.72 Å². The molecule has 0 spiro atoms. The zero-order valence-electron chi connectivity index (χ0n) is 15.1. The maximum absolute atomic E-state index is 12.3. The number of halogens is 1. The van der Waals surface area contributed by atoms with Crippen molar-refractivity contribution in [1.29, 1.82) is 0 Å². The molecular formula is C17H20ClN3O5S. The fourth-order valence-electron chi connectivity index (χ4n) is 2.23. The highest BCUT2D eigenvalue weighted by Gasteiger charge is 2.23. The van der Waals surface area contributed by atoms with Gasteiger partial charge in [-0.2, -0.15) is 0 Å². The Labute approximate surface area is 162 Å². The van der Waals surface area contributed by atoms with E-state index in [1.165, 1.54) is 12.1 Å². The van der Waals surface area contributed by atoms with Crippen molar-refractivity contribution in [2.24, 2.45) is 0 Å². The number of aryl methyl sites for hydroxylation is 1. The Morgan fingerprint density at radius 2 is 1.85 bits per heavy atom. The number of nitro groups is 1. The third-order valence-electron chi connectivity index (χ3n) is 3.65. The van der Waals surface area contributed by atoms with E-state index in [1.54, 1.807) is 25.1 Å². The van der Waals surface area contributed by atoms with E-state index in [0.717, 1.165) is 6.07 Å². The van der Waals surface area contributed by atoms with Gasteiger partial charge in [0.2, 0.25) is 15.8 Å². The molecule has 2 aromatic rings. The Hall–Kier alpha value is -2.20. The van der Waals surface area contributed by atoms with E-state index >= 15 is 0 Å². The molecule has 0 aliphatic carbocycles. The molecule has 1 N–H and O–H groups in total. The van der Waals surface area contributed by atoms with Crippen molar-refractivity contribution in [2.45, 2.75) is 11.8 Å². The number of benzene rings is 2. The number of sulfonamides is 1. The predicted octanol–water partition coefficient (Wildman–Crippen LogP) is 3.19. The van der Waals surface area contributed by atoms with Gasteiger partial charge >= 0.3 is 5.69 Å². The van der Waals surface area contributed by atoms with Crippen LogP contribution in [0.5, 0.6) is 11.5 Å². The highest BCUT2D eigenvalue weighted by atomic mass is 35.5. The largest absolute Gasteiger partial charge is 0.450 e. The van der Waals surface area contributed by atoms with Crippen LogP contribution in [-0.2, 0) is 10.0 Å². The summed E-state index contributed by atoms with van der Waals surface area (Å²) in [7, 11) is -0.250. The number of hydrogen-bond acceptors (Lipinski definition) is 6. The summed E-state index contributed by atoms with van der Waals surface area (Å²) < 4.78 is 32.7. The molecule has 2 rings (SSSR count). The Morgan fingerprint density at radius 1 is 1.19 bits per heavy atom. The minimum atomic E-state index is -3.87. The monoisotopic (exact) mass is 413 g/mol. The molecule has 27 heavy (non-hydrogen) atoms. The Kier molecular flexibility index (Phi) is 6.77. The Morgan fingerprint density at radius 3 is 2.44 bits per heavy atom. The number of nitro benzene ring substituents is 1. The van der Waals surface area contributed by atoms with Gasteiger partial charge in [0.15, 0.2) is 0 Å². The molecule has 0 aliphatic heterocycles. The molecule has 0 amide bonds. The number of rotatable bonds is 8. The summed E-state index contributed by atoms with van der Waals surface area (Å²) in [6, 6.07) is 8.38. The third kappa shape index (κ3) is 5.64. The second-order valence-corrected chi connectivity index (χ2v) is 8.30. The number of nitrogens with one attached hydrogen (secondary N) is 1. The van der Waals surface area contributed by atoms with Crippen molar-refractivity contribution in [3.63, 3.8) is 0 Å². The van der Waals surface area contributed by atoms with Gasteiger partial charge in [0.1, 0.15) is 5.75 Å². The molecule has 8 nitrogen and oxygen atoms in total. The summed E-state index contributed by atoms with van der Waals surface area (Å²) >= 11 is 5.89. The van der Waals surface area contributed by atoms with Crippen molar-refractivity contribution in [3.05, 3.63) is 57.1 Å². The van der Waals surface area contributed by atoms with Crippen LogP contribution >= 0.6 is 11.6 Å². The van der Waals surface area contributed by atoms with E-state index in [-0.39, 0.29) is 17.2 Å². The second-order valence-electron chi connectivity index (χ2n) is 6.10. The normalized spacial score (nSPS) is 11.6. The average Bonchev–Trinajstić information content (AvgIpc) is 2.56. The van der Waals surface area contributed by atoms with Crippen molar-refractivity contribution in [1.82, 2.24) is 9.62 Å².